The topological polar surface area (TPSA) is 96.0 Å². The SMILES string of the molecule is CC(C)[C@H](N=Cc1cc([N+](=O)[O-])ccc1O)C(O)(c1cc(C(C)(C)C)cc(C(C)(C)C)c1)c1cc(C(C)(C)C)cc(C(C)(C)C)c1. The quantitative estimate of drug-likeness (QED) is 0.155. The summed E-state index contributed by atoms with van der Waals surface area (Å²) >= 11 is 0. The smallest absolute Gasteiger partial charge is 0.270 e. The fraction of sp³-hybridized carbons (Fsp3) is 0.525. The molecular weight excluding hydrogens is 572 g/mol. The van der Waals surface area contributed by atoms with Gasteiger partial charge < -0.3 is 10.2 Å². The number of rotatable bonds is 7. The number of aliphatic hydroxyl groups is 1. The largest absolute Gasteiger partial charge is 0.507 e. The highest BCUT2D eigenvalue weighted by Crippen LogP contribution is 2.44. The Bertz CT molecular complexity index is 1470. The minimum Gasteiger partial charge on any atom is -0.507 e. The van der Waals surface area contributed by atoms with E-state index in [1.165, 1.54) is 24.4 Å². The van der Waals surface area contributed by atoms with Gasteiger partial charge in [-0.3, -0.25) is 15.1 Å². The van der Waals surface area contributed by atoms with Crippen molar-refractivity contribution in [1.82, 2.24) is 0 Å². The van der Waals surface area contributed by atoms with Crippen molar-refractivity contribution in [2.75, 3.05) is 0 Å². The maximum Gasteiger partial charge on any atom is 0.270 e. The van der Waals surface area contributed by atoms with E-state index in [2.05, 4.69) is 119 Å². The maximum absolute atomic E-state index is 13.6. The van der Waals surface area contributed by atoms with Crippen molar-refractivity contribution in [2.24, 2.45) is 10.9 Å². The number of hydrogen-bond acceptors (Lipinski definition) is 5. The second-order valence-corrected chi connectivity index (χ2v) is 17.3. The molecule has 0 saturated heterocycles. The standard InChI is InChI=1S/C40H56N2O4/c1-25(2)35(41-24-26-17-33(42(45)46)15-16-34(26)43)40(44,31-20-27(36(3,4)5)18-28(21-31)37(6,7)8)32-22-29(38(9,10)11)19-30(23-32)39(12,13)14/h15-25,35,43-44H,1-14H3/t35-/m0/s1. The van der Waals surface area contributed by atoms with Crippen LogP contribution in [0.15, 0.2) is 59.6 Å². The lowest BCUT2D eigenvalue weighted by Crippen LogP contribution is -2.44. The van der Waals surface area contributed by atoms with E-state index < -0.39 is 16.6 Å². The molecule has 1 atom stereocenters. The van der Waals surface area contributed by atoms with E-state index in [-0.39, 0.29) is 44.6 Å². The predicted octanol–water partition coefficient (Wildman–Crippen LogP) is 9.87. The minimum absolute atomic E-state index is 0.116. The molecule has 6 heteroatoms. The Kier molecular flexibility index (Phi) is 10.1. The summed E-state index contributed by atoms with van der Waals surface area (Å²) in [5.41, 5.74) is 3.66. The molecule has 0 heterocycles. The summed E-state index contributed by atoms with van der Waals surface area (Å²) in [6.45, 7) is 30.2. The molecule has 2 N–H and O–H groups in total. The molecule has 250 valence electrons. The van der Waals surface area contributed by atoms with Gasteiger partial charge in [0, 0.05) is 23.9 Å². The average Bonchev–Trinajstić information content (AvgIpc) is 2.91. The average molecular weight is 629 g/mol. The zero-order valence-corrected chi connectivity index (χ0v) is 30.5. The summed E-state index contributed by atoms with van der Waals surface area (Å²) in [7, 11) is 0. The van der Waals surface area contributed by atoms with Crippen LogP contribution >= 0.6 is 0 Å². The van der Waals surface area contributed by atoms with Gasteiger partial charge in [-0.15, -0.1) is 0 Å². The monoisotopic (exact) mass is 628 g/mol. The molecule has 0 fully saturated rings. The summed E-state index contributed by atoms with van der Waals surface area (Å²) in [5.74, 6) is -0.273. The van der Waals surface area contributed by atoms with Crippen LogP contribution in [0, 0.1) is 16.0 Å². The zero-order valence-electron chi connectivity index (χ0n) is 30.5. The van der Waals surface area contributed by atoms with Crippen LogP contribution in [0.2, 0.25) is 0 Å². The zero-order chi connectivity index (χ0) is 35.2. The normalized spacial score (nSPS) is 14.3. The second-order valence-electron chi connectivity index (χ2n) is 17.3. The molecule has 0 amide bonds. The molecule has 6 nitrogen and oxygen atoms in total. The molecule has 3 aromatic carbocycles. The van der Waals surface area contributed by atoms with E-state index in [9.17, 15) is 20.3 Å². The van der Waals surface area contributed by atoms with Crippen LogP contribution in [-0.2, 0) is 27.3 Å². The van der Waals surface area contributed by atoms with Gasteiger partial charge in [-0.05, 0) is 67.0 Å². The number of nitro groups is 1. The van der Waals surface area contributed by atoms with Gasteiger partial charge in [-0.2, -0.15) is 0 Å². The summed E-state index contributed by atoms with van der Waals surface area (Å²) in [5, 5.41) is 35.7. The number of phenolic OH excluding ortho intramolecular Hbond substituents is 1. The van der Waals surface area contributed by atoms with Crippen molar-refractivity contribution >= 4 is 11.9 Å². The Morgan fingerprint density at radius 1 is 0.652 bits per heavy atom. The van der Waals surface area contributed by atoms with Crippen molar-refractivity contribution < 1.29 is 15.1 Å². The number of benzene rings is 3. The fourth-order valence-electron chi connectivity index (χ4n) is 5.62. The molecule has 0 aliphatic carbocycles. The molecule has 3 rings (SSSR count). The van der Waals surface area contributed by atoms with Crippen LogP contribution in [-0.4, -0.2) is 27.4 Å². The molecule has 0 unspecified atom stereocenters. The molecular formula is C40H56N2O4. The van der Waals surface area contributed by atoms with Gasteiger partial charge in [0.25, 0.3) is 5.69 Å². The highest BCUT2D eigenvalue weighted by Gasteiger charge is 2.44. The van der Waals surface area contributed by atoms with Crippen molar-refractivity contribution in [1.29, 1.82) is 0 Å². The Balaban J connectivity index is 2.53. The van der Waals surface area contributed by atoms with E-state index in [4.69, 9.17) is 4.99 Å². The third-order valence-corrected chi connectivity index (χ3v) is 8.87. The maximum atomic E-state index is 13.6. The highest BCUT2D eigenvalue weighted by molar-refractivity contribution is 5.84. The summed E-state index contributed by atoms with van der Waals surface area (Å²) in [6.07, 6.45) is 1.47. The lowest BCUT2D eigenvalue weighted by atomic mass is 9.70. The van der Waals surface area contributed by atoms with E-state index in [0.717, 1.165) is 33.4 Å². The lowest BCUT2D eigenvalue weighted by Gasteiger charge is -2.40. The second kappa shape index (κ2) is 12.6. The van der Waals surface area contributed by atoms with E-state index in [0.29, 0.717) is 0 Å². The van der Waals surface area contributed by atoms with Crippen LogP contribution in [0.5, 0.6) is 5.75 Å². The Labute approximate surface area is 277 Å². The number of aliphatic imine (C=N–C) groups is 1. The van der Waals surface area contributed by atoms with Crippen molar-refractivity contribution in [3.8, 4) is 5.75 Å². The number of non-ortho nitro benzene ring substituents is 1. The summed E-state index contributed by atoms with van der Waals surface area (Å²) < 4.78 is 0. The molecule has 0 bridgehead atoms. The minimum atomic E-state index is -1.59. The van der Waals surface area contributed by atoms with Gasteiger partial charge in [0.1, 0.15) is 11.4 Å². The number of phenols is 1. The summed E-state index contributed by atoms with van der Waals surface area (Å²) in [4.78, 5) is 16.0. The Hall–Kier alpha value is -3.51. The van der Waals surface area contributed by atoms with Crippen LogP contribution in [0.3, 0.4) is 0 Å². The van der Waals surface area contributed by atoms with Crippen LogP contribution < -0.4 is 0 Å². The molecule has 0 radical (unpaired) electrons. The molecule has 0 aliphatic rings. The van der Waals surface area contributed by atoms with Crippen LogP contribution in [0.4, 0.5) is 5.69 Å². The van der Waals surface area contributed by atoms with Gasteiger partial charge in [0.15, 0.2) is 0 Å². The third kappa shape index (κ3) is 8.06. The van der Waals surface area contributed by atoms with Crippen LogP contribution in [0.25, 0.3) is 0 Å². The van der Waals surface area contributed by atoms with Gasteiger partial charge in [-0.1, -0.05) is 133 Å². The number of hydrogen-bond donors (Lipinski definition) is 2. The Morgan fingerprint density at radius 3 is 1.30 bits per heavy atom. The van der Waals surface area contributed by atoms with Gasteiger partial charge in [0.05, 0.1) is 11.0 Å². The first-order chi connectivity index (χ1) is 20.8. The predicted molar refractivity (Wildman–Crippen MR) is 192 cm³/mol. The number of nitrogens with zero attached hydrogens (tertiary/aromatic N) is 2. The molecule has 0 aromatic heterocycles. The van der Waals surface area contributed by atoms with Crippen molar-refractivity contribution in [3.63, 3.8) is 0 Å². The molecule has 0 aliphatic heterocycles. The van der Waals surface area contributed by atoms with Crippen molar-refractivity contribution in [2.45, 2.75) is 130 Å². The fourth-order valence-corrected chi connectivity index (χ4v) is 5.62. The summed E-state index contributed by atoms with van der Waals surface area (Å²) in [6, 6.07) is 16.1. The Morgan fingerprint density at radius 2 is 1.00 bits per heavy atom. The first kappa shape index (κ1) is 37.0. The lowest BCUT2D eigenvalue weighted by molar-refractivity contribution is -0.384. The first-order valence-corrected chi connectivity index (χ1v) is 16.3. The number of nitro benzene ring substituents is 1. The van der Waals surface area contributed by atoms with Gasteiger partial charge in [0.2, 0.25) is 0 Å². The first-order valence-electron chi connectivity index (χ1n) is 16.3. The molecule has 3 aromatic rings. The molecule has 46 heavy (non-hydrogen) atoms. The van der Waals surface area contributed by atoms with Crippen LogP contribution in [0.1, 0.15) is 136 Å². The molecule has 0 saturated carbocycles. The third-order valence-electron chi connectivity index (χ3n) is 8.87. The highest BCUT2D eigenvalue weighted by atomic mass is 16.6. The van der Waals surface area contributed by atoms with E-state index in [1.807, 2.05) is 13.8 Å². The van der Waals surface area contributed by atoms with Gasteiger partial charge in [-0.25, -0.2) is 0 Å². The van der Waals surface area contributed by atoms with E-state index in [1.54, 1.807) is 0 Å². The van der Waals surface area contributed by atoms with Crippen molar-refractivity contribution in [3.05, 3.63) is 104 Å². The van der Waals surface area contributed by atoms with Gasteiger partial charge >= 0.3 is 0 Å². The molecule has 0 spiro atoms. The number of aromatic hydroxyl groups is 1. The van der Waals surface area contributed by atoms with E-state index >= 15 is 0 Å².